The minimum absolute atomic E-state index is 0.0332. The van der Waals surface area contributed by atoms with Crippen LogP contribution in [0.25, 0.3) is 10.9 Å². The molecule has 1 N–H and O–H groups in total. The maximum Gasteiger partial charge on any atom is 0.232 e. The first kappa shape index (κ1) is 15.1. The summed E-state index contributed by atoms with van der Waals surface area (Å²) in [4.78, 5) is 35.2. The Hall–Kier alpha value is -2.86. The number of fused-ring (bicyclic) bond motifs is 1. The van der Waals surface area contributed by atoms with E-state index in [1.807, 2.05) is 24.3 Å². The molecule has 0 aliphatic carbocycles. The number of aromatic nitrogens is 1. The molecule has 0 bridgehead atoms. The number of aliphatic imine (C=N–C) groups is 2. The van der Waals surface area contributed by atoms with Crippen molar-refractivity contribution in [2.75, 3.05) is 13.7 Å². The van der Waals surface area contributed by atoms with Crippen molar-refractivity contribution in [1.29, 1.82) is 0 Å². The molecular formula is C17H15N3O3. The Balaban J connectivity index is 1.95. The van der Waals surface area contributed by atoms with Crippen LogP contribution in [0.15, 0.2) is 52.7 Å². The fourth-order valence-corrected chi connectivity index (χ4v) is 2.44. The number of nitrogens with zero attached hydrogens (tertiary/aromatic N) is 2. The Morgan fingerprint density at radius 3 is 3.00 bits per heavy atom. The summed E-state index contributed by atoms with van der Waals surface area (Å²) in [6.45, 7) is 0.139. The van der Waals surface area contributed by atoms with Gasteiger partial charge < -0.3 is 14.5 Å². The zero-order valence-electron chi connectivity index (χ0n) is 12.5. The predicted molar refractivity (Wildman–Crippen MR) is 88.1 cm³/mol. The van der Waals surface area contributed by atoms with Crippen LogP contribution in [0.5, 0.6) is 0 Å². The van der Waals surface area contributed by atoms with E-state index < -0.39 is 5.41 Å². The van der Waals surface area contributed by atoms with Crippen LogP contribution in [0, 0.1) is 5.41 Å². The molecule has 1 unspecified atom stereocenters. The number of carbonyl (C=O) groups is 2. The van der Waals surface area contributed by atoms with Crippen molar-refractivity contribution in [3.8, 4) is 0 Å². The van der Waals surface area contributed by atoms with Gasteiger partial charge >= 0.3 is 0 Å². The summed E-state index contributed by atoms with van der Waals surface area (Å²) >= 11 is 0. The predicted octanol–water partition coefficient (Wildman–Crippen LogP) is 2.18. The molecule has 6 nitrogen and oxygen atoms in total. The number of carbonyl (C=O) groups excluding carboxylic acids is 2. The topological polar surface area (TPSA) is 83.9 Å². The molecule has 2 heterocycles. The molecule has 1 aliphatic rings. The molecule has 0 saturated heterocycles. The van der Waals surface area contributed by atoms with E-state index in [4.69, 9.17) is 4.74 Å². The number of benzene rings is 1. The van der Waals surface area contributed by atoms with Gasteiger partial charge in [0.2, 0.25) is 11.6 Å². The van der Waals surface area contributed by atoms with Gasteiger partial charge in [-0.1, -0.05) is 18.2 Å². The first-order valence-electron chi connectivity index (χ1n) is 7.06. The Bertz CT molecular complexity index is 848. The number of H-pyrrole nitrogens is 1. The van der Waals surface area contributed by atoms with Crippen molar-refractivity contribution in [2.45, 2.75) is 0 Å². The molecule has 1 aromatic heterocycles. The minimum Gasteiger partial charge on any atom is -0.383 e. The van der Waals surface area contributed by atoms with E-state index in [-0.39, 0.29) is 18.2 Å². The summed E-state index contributed by atoms with van der Waals surface area (Å²) in [5.41, 5.74) is 0.363. The van der Waals surface area contributed by atoms with E-state index in [0.29, 0.717) is 5.56 Å². The highest BCUT2D eigenvalue weighted by Gasteiger charge is 2.27. The second-order valence-electron chi connectivity index (χ2n) is 5.27. The molecule has 0 spiro atoms. The van der Waals surface area contributed by atoms with E-state index in [1.165, 1.54) is 19.5 Å². The summed E-state index contributed by atoms with van der Waals surface area (Å²) in [6, 6.07) is 7.50. The number of ether oxygens (including phenoxy) is 1. The van der Waals surface area contributed by atoms with Gasteiger partial charge in [-0.25, -0.2) is 9.98 Å². The third kappa shape index (κ3) is 2.76. The van der Waals surface area contributed by atoms with Crippen molar-refractivity contribution in [2.24, 2.45) is 15.4 Å². The number of hydrogen-bond donors (Lipinski definition) is 1. The molecule has 23 heavy (non-hydrogen) atoms. The average Bonchev–Trinajstić information content (AvgIpc) is 2.89. The van der Waals surface area contributed by atoms with Crippen molar-refractivity contribution in [3.05, 3.63) is 48.3 Å². The number of ketones is 1. The number of methoxy groups -OCH3 is 1. The van der Waals surface area contributed by atoms with Crippen molar-refractivity contribution >= 4 is 35.0 Å². The number of rotatable bonds is 5. The van der Waals surface area contributed by atoms with Gasteiger partial charge in [0, 0.05) is 36.6 Å². The third-order valence-corrected chi connectivity index (χ3v) is 3.66. The maximum atomic E-state index is 12.7. The molecule has 0 radical (unpaired) electrons. The first-order chi connectivity index (χ1) is 11.2. The van der Waals surface area contributed by atoms with E-state index in [0.717, 1.165) is 17.2 Å². The lowest BCUT2D eigenvalue weighted by Gasteiger charge is -2.16. The third-order valence-electron chi connectivity index (χ3n) is 3.66. The number of para-hydroxylation sites is 1. The Morgan fingerprint density at radius 2 is 2.22 bits per heavy atom. The lowest BCUT2D eigenvalue weighted by Crippen LogP contribution is -2.28. The van der Waals surface area contributed by atoms with Gasteiger partial charge in [0.05, 0.1) is 12.2 Å². The fraction of sp³-hybridized carbons (Fsp3) is 0.176. The molecule has 6 heteroatoms. The number of Topliss-reactive ketones (excluding diaryl/α,β-unsaturated/α-hetero) is 1. The number of nitrogens with one attached hydrogen (secondary N) is 1. The Labute approximate surface area is 132 Å². The van der Waals surface area contributed by atoms with Gasteiger partial charge in [0.15, 0.2) is 0 Å². The molecule has 0 fully saturated rings. The lowest BCUT2D eigenvalue weighted by atomic mass is 9.93. The summed E-state index contributed by atoms with van der Waals surface area (Å²) in [7, 11) is 1.50. The maximum absolute atomic E-state index is 12.7. The van der Waals surface area contributed by atoms with Crippen LogP contribution in [-0.4, -0.2) is 42.8 Å². The van der Waals surface area contributed by atoms with Crippen molar-refractivity contribution in [3.63, 3.8) is 0 Å². The lowest BCUT2D eigenvalue weighted by molar-refractivity contribution is -0.113. The molecule has 116 valence electrons. The summed E-state index contributed by atoms with van der Waals surface area (Å²) in [5, 5.41) is 0.808. The minimum atomic E-state index is -1.000. The number of hydrogen-bond acceptors (Lipinski definition) is 5. The second kappa shape index (κ2) is 6.10. The van der Waals surface area contributed by atoms with Crippen LogP contribution in [0.2, 0.25) is 0 Å². The van der Waals surface area contributed by atoms with Crippen LogP contribution >= 0.6 is 0 Å². The van der Waals surface area contributed by atoms with Crippen LogP contribution in [-0.2, 0) is 9.53 Å². The van der Waals surface area contributed by atoms with Gasteiger partial charge in [-0.3, -0.25) is 4.79 Å². The highest BCUT2D eigenvalue weighted by atomic mass is 16.5. The highest BCUT2D eigenvalue weighted by molar-refractivity contribution is 6.48. The summed E-state index contributed by atoms with van der Waals surface area (Å²) < 4.78 is 5.04. The van der Waals surface area contributed by atoms with Gasteiger partial charge in [0.25, 0.3) is 0 Å². The summed E-state index contributed by atoms with van der Waals surface area (Å²) in [5.74, 6) is -0.270. The molecule has 2 aromatic rings. The van der Waals surface area contributed by atoms with E-state index >= 15 is 0 Å². The van der Waals surface area contributed by atoms with Crippen LogP contribution in [0.3, 0.4) is 0 Å². The SMILES string of the molecule is COCC1(C=O)C=CN=C(C(=O)c2c[nH]c3ccccc23)N=C1. The van der Waals surface area contributed by atoms with Gasteiger partial charge in [0.1, 0.15) is 11.7 Å². The smallest absolute Gasteiger partial charge is 0.232 e. The zero-order valence-corrected chi connectivity index (χ0v) is 12.5. The van der Waals surface area contributed by atoms with E-state index in [1.54, 1.807) is 12.3 Å². The van der Waals surface area contributed by atoms with Gasteiger partial charge in [-0.2, -0.15) is 0 Å². The zero-order chi connectivity index (χ0) is 16.3. The monoisotopic (exact) mass is 309 g/mol. The largest absolute Gasteiger partial charge is 0.383 e. The normalized spacial score (nSPS) is 20.3. The molecular weight excluding hydrogens is 294 g/mol. The fourth-order valence-electron chi connectivity index (χ4n) is 2.44. The van der Waals surface area contributed by atoms with Crippen molar-refractivity contribution < 1.29 is 14.3 Å². The standard InChI is InChI=1S/C17H15N3O3/c1-23-11-17(10-21)6-7-18-16(20-9-17)15(22)13-8-19-14-5-3-2-4-12(13)14/h2-10,19H,11H2,1H3. The molecule has 3 rings (SSSR count). The first-order valence-corrected chi connectivity index (χ1v) is 7.06. The van der Waals surface area contributed by atoms with Crippen LogP contribution in [0.1, 0.15) is 10.4 Å². The average molecular weight is 309 g/mol. The molecule has 0 amide bonds. The number of amidine groups is 1. The van der Waals surface area contributed by atoms with E-state index in [9.17, 15) is 9.59 Å². The van der Waals surface area contributed by atoms with E-state index in [2.05, 4.69) is 15.0 Å². The van der Waals surface area contributed by atoms with Gasteiger partial charge in [-0.05, 0) is 12.1 Å². The molecule has 0 saturated carbocycles. The Morgan fingerprint density at radius 1 is 1.39 bits per heavy atom. The second-order valence-corrected chi connectivity index (χ2v) is 5.27. The molecule has 1 aromatic carbocycles. The summed E-state index contributed by atoms with van der Waals surface area (Å²) in [6.07, 6.45) is 6.76. The van der Waals surface area contributed by atoms with Crippen molar-refractivity contribution in [1.82, 2.24) is 4.98 Å². The number of aromatic amines is 1. The van der Waals surface area contributed by atoms with Crippen LogP contribution < -0.4 is 0 Å². The molecule has 1 atom stereocenters. The number of aldehydes is 1. The van der Waals surface area contributed by atoms with Gasteiger partial charge in [-0.15, -0.1) is 0 Å². The van der Waals surface area contributed by atoms with Crippen LogP contribution in [0.4, 0.5) is 0 Å². The highest BCUT2D eigenvalue weighted by Crippen LogP contribution is 2.21. The quantitative estimate of drug-likeness (QED) is 0.678. The Kier molecular flexibility index (Phi) is 3.99. The molecule has 1 aliphatic heterocycles.